The van der Waals surface area contributed by atoms with E-state index in [0.717, 1.165) is 77.9 Å². The van der Waals surface area contributed by atoms with Gasteiger partial charge in [0, 0.05) is 83.0 Å². The summed E-state index contributed by atoms with van der Waals surface area (Å²) in [7, 11) is 0. The van der Waals surface area contributed by atoms with Crippen molar-refractivity contribution in [2.75, 3.05) is 0 Å². The minimum atomic E-state index is -0.510. The van der Waals surface area contributed by atoms with E-state index in [9.17, 15) is 0 Å². The first-order chi connectivity index (χ1) is 33.2. The van der Waals surface area contributed by atoms with Gasteiger partial charge in [0.15, 0.2) is 0 Å². The third kappa shape index (κ3) is 7.22. The average Bonchev–Trinajstić information content (AvgIpc) is 3.72. The molecule has 67 heavy (non-hydrogen) atoms. The van der Waals surface area contributed by atoms with Crippen molar-refractivity contribution in [1.82, 2.24) is 19.9 Å². The summed E-state index contributed by atoms with van der Waals surface area (Å²) < 4.78 is 0. The molecule has 1 aliphatic carbocycles. The fourth-order valence-corrected chi connectivity index (χ4v) is 10.1. The van der Waals surface area contributed by atoms with E-state index in [1.54, 1.807) is 12.4 Å². The largest absolute Gasteiger partial charge is 0.264 e. The summed E-state index contributed by atoms with van der Waals surface area (Å²) in [6.07, 6.45) is 15.1. The molecule has 4 heteroatoms. The van der Waals surface area contributed by atoms with E-state index in [2.05, 4.69) is 214 Å². The first kappa shape index (κ1) is 39.7. The molecule has 4 heterocycles. The lowest BCUT2D eigenvalue weighted by Crippen LogP contribution is -2.28. The molecule has 1 aliphatic rings. The molecule has 0 spiro atoms. The summed E-state index contributed by atoms with van der Waals surface area (Å²) in [6, 6.07) is 75.2. The van der Waals surface area contributed by atoms with Crippen LogP contribution in [0.25, 0.3) is 89.0 Å². The standard InChI is InChI=1S/C63H42N4/c1-3-19-57(20-4-1)63(58-21-5-2-6-22-58)61-24-8-7-23-59(61)60-26-25-47(36-62(60)63)52-32-50(43-13-9-15-45(29-43)53-34-55(41-66-39-53)48-17-11-27-64-37-48)31-51(33-52)44-14-10-16-46(30-44)54-35-56(42-67-40-54)49-18-12-28-65-38-49/h1-42H. The zero-order valence-electron chi connectivity index (χ0n) is 36.5. The third-order valence-corrected chi connectivity index (χ3v) is 13.2. The molecule has 4 nitrogen and oxygen atoms in total. The normalized spacial score (nSPS) is 12.3. The van der Waals surface area contributed by atoms with E-state index in [0.29, 0.717) is 0 Å². The fraction of sp³-hybridized carbons (Fsp3) is 0.0159. The Balaban J connectivity index is 1.03. The fourth-order valence-electron chi connectivity index (χ4n) is 10.1. The van der Waals surface area contributed by atoms with Gasteiger partial charge in [-0.15, -0.1) is 0 Å². The SMILES string of the molecule is c1ccc(C2(c3ccccc3)c3ccccc3-c3ccc(-c4cc(-c5cccc(-c6cncc(-c7cccnc7)c6)c5)cc(-c5cccc(-c6cncc(-c7cccnc7)c6)c5)c4)cc32)cc1. The highest BCUT2D eigenvalue weighted by Crippen LogP contribution is 2.57. The van der Waals surface area contributed by atoms with Gasteiger partial charge in [-0.05, 0) is 139 Å². The molecule has 7 aromatic carbocycles. The Morgan fingerprint density at radius 2 is 0.597 bits per heavy atom. The number of benzene rings is 7. The predicted molar refractivity (Wildman–Crippen MR) is 273 cm³/mol. The van der Waals surface area contributed by atoms with Crippen LogP contribution in [0.5, 0.6) is 0 Å². The van der Waals surface area contributed by atoms with Crippen LogP contribution in [0.1, 0.15) is 22.3 Å². The van der Waals surface area contributed by atoms with Gasteiger partial charge in [0.2, 0.25) is 0 Å². The Morgan fingerprint density at radius 3 is 1.09 bits per heavy atom. The van der Waals surface area contributed by atoms with Crippen LogP contribution in [0, 0.1) is 0 Å². The number of aromatic nitrogens is 4. The van der Waals surface area contributed by atoms with Gasteiger partial charge in [0.1, 0.15) is 0 Å². The predicted octanol–water partition coefficient (Wildman–Crippen LogP) is 15.3. The van der Waals surface area contributed by atoms with Crippen molar-refractivity contribution in [1.29, 1.82) is 0 Å². The van der Waals surface area contributed by atoms with Crippen molar-refractivity contribution in [3.8, 4) is 89.0 Å². The van der Waals surface area contributed by atoms with Crippen molar-refractivity contribution in [3.63, 3.8) is 0 Å². The Hall–Kier alpha value is -8.86. The molecule has 0 fully saturated rings. The highest BCUT2D eigenvalue weighted by Gasteiger charge is 2.46. The lowest BCUT2D eigenvalue weighted by molar-refractivity contribution is 0.769. The van der Waals surface area contributed by atoms with Crippen LogP contribution in [-0.4, -0.2) is 19.9 Å². The Morgan fingerprint density at radius 1 is 0.224 bits per heavy atom. The van der Waals surface area contributed by atoms with Gasteiger partial charge in [-0.25, -0.2) is 0 Å². The highest BCUT2D eigenvalue weighted by molar-refractivity contribution is 5.90. The number of pyridine rings is 4. The second-order valence-corrected chi connectivity index (χ2v) is 17.2. The second kappa shape index (κ2) is 16.9. The van der Waals surface area contributed by atoms with E-state index in [4.69, 9.17) is 0 Å². The molecule has 0 atom stereocenters. The highest BCUT2D eigenvalue weighted by atomic mass is 14.6. The first-order valence-corrected chi connectivity index (χ1v) is 22.6. The molecule has 0 N–H and O–H groups in total. The quantitative estimate of drug-likeness (QED) is 0.145. The van der Waals surface area contributed by atoms with Crippen LogP contribution >= 0.6 is 0 Å². The van der Waals surface area contributed by atoms with Crippen molar-refractivity contribution in [3.05, 3.63) is 278 Å². The van der Waals surface area contributed by atoms with Gasteiger partial charge in [-0.1, -0.05) is 146 Å². The molecular formula is C63H42N4. The van der Waals surface area contributed by atoms with Gasteiger partial charge < -0.3 is 0 Å². The number of nitrogens with zero attached hydrogens (tertiary/aromatic N) is 4. The molecule has 11 aromatic rings. The molecule has 0 saturated carbocycles. The van der Waals surface area contributed by atoms with Crippen molar-refractivity contribution in [2.24, 2.45) is 0 Å². The van der Waals surface area contributed by atoms with Gasteiger partial charge in [-0.3, -0.25) is 19.9 Å². The van der Waals surface area contributed by atoms with Crippen LogP contribution < -0.4 is 0 Å². The van der Waals surface area contributed by atoms with Crippen LogP contribution in [0.4, 0.5) is 0 Å². The van der Waals surface area contributed by atoms with E-state index in [-0.39, 0.29) is 0 Å². The Bertz CT molecular complexity index is 3390. The van der Waals surface area contributed by atoms with Gasteiger partial charge >= 0.3 is 0 Å². The van der Waals surface area contributed by atoms with Crippen LogP contribution in [0.15, 0.2) is 256 Å². The minimum Gasteiger partial charge on any atom is -0.264 e. The summed E-state index contributed by atoms with van der Waals surface area (Å²) in [4.78, 5) is 18.0. The average molecular weight is 855 g/mol. The molecule has 0 saturated heterocycles. The molecule has 4 aromatic heterocycles. The van der Waals surface area contributed by atoms with E-state index in [1.807, 2.05) is 49.3 Å². The van der Waals surface area contributed by atoms with Gasteiger partial charge in [0.25, 0.3) is 0 Å². The lowest BCUT2D eigenvalue weighted by Gasteiger charge is -2.34. The van der Waals surface area contributed by atoms with Gasteiger partial charge in [0.05, 0.1) is 5.41 Å². The number of rotatable bonds is 9. The second-order valence-electron chi connectivity index (χ2n) is 17.2. The molecule has 12 rings (SSSR count). The van der Waals surface area contributed by atoms with Crippen LogP contribution in [0.2, 0.25) is 0 Å². The molecule has 0 aliphatic heterocycles. The maximum atomic E-state index is 4.67. The van der Waals surface area contributed by atoms with Crippen molar-refractivity contribution >= 4 is 0 Å². The monoisotopic (exact) mass is 854 g/mol. The maximum absolute atomic E-state index is 4.67. The smallest absolute Gasteiger partial charge is 0.0713 e. The lowest BCUT2D eigenvalue weighted by atomic mass is 9.67. The summed E-state index contributed by atoms with van der Waals surface area (Å²) >= 11 is 0. The summed E-state index contributed by atoms with van der Waals surface area (Å²) in [5, 5.41) is 0. The molecule has 0 amide bonds. The Kier molecular flexibility index (Phi) is 10.0. The Labute approximate surface area is 390 Å². The maximum Gasteiger partial charge on any atom is 0.0713 e. The van der Waals surface area contributed by atoms with Crippen LogP contribution in [0.3, 0.4) is 0 Å². The number of fused-ring (bicyclic) bond motifs is 3. The minimum absolute atomic E-state index is 0.510. The number of hydrogen-bond acceptors (Lipinski definition) is 4. The van der Waals surface area contributed by atoms with Crippen molar-refractivity contribution < 1.29 is 0 Å². The summed E-state index contributed by atoms with van der Waals surface area (Å²) in [5.74, 6) is 0. The zero-order chi connectivity index (χ0) is 44.6. The summed E-state index contributed by atoms with van der Waals surface area (Å²) in [5.41, 5.74) is 22.3. The zero-order valence-corrected chi connectivity index (χ0v) is 36.5. The molecule has 314 valence electrons. The molecular weight excluding hydrogens is 813 g/mol. The molecule has 0 unspecified atom stereocenters. The number of hydrogen-bond donors (Lipinski definition) is 0. The van der Waals surface area contributed by atoms with E-state index < -0.39 is 5.41 Å². The van der Waals surface area contributed by atoms with E-state index >= 15 is 0 Å². The summed E-state index contributed by atoms with van der Waals surface area (Å²) in [6.45, 7) is 0. The van der Waals surface area contributed by atoms with E-state index in [1.165, 1.54) is 33.4 Å². The molecule has 0 bridgehead atoms. The first-order valence-electron chi connectivity index (χ1n) is 22.6. The van der Waals surface area contributed by atoms with Crippen molar-refractivity contribution in [2.45, 2.75) is 5.41 Å². The topological polar surface area (TPSA) is 51.6 Å². The third-order valence-electron chi connectivity index (χ3n) is 13.2. The molecule has 0 radical (unpaired) electrons. The van der Waals surface area contributed by atoms with Gasteiger partial charge in [-0.2, -0.15) is 0 Å². The van der Waals surface area contributed by atoms with Crippen LogP contribution in [-0.2, 0) is 5.41 Å².